The lowest BCUT2D eigenvalue weighted by Gasteiger charge is -2.24. The first-order chi connectivity index (χ1) is 10.3. The van der Waals surface area contributed by atoms with Gasteiger partial charge in [-0.2, -0.15) is 0 Å². The lowest BCUT2D eigenvalue weighted by Crippen LogP contribution is -2.35. The van der Waals surface area contributed by atoms with Crippen molar-refractivity contribution >= 4 is 22.6 Å². The smallest absolute Gasteiger partial charge is 0.337 e. The Morgan fingerprint density at radius 3 is 2.90 bits per heavy atom. The fourth-order valence-corrected chi connectivity index (χ4v) is 2.69. The van der Waals surface area contributed by atoms with Crippen LogP contribution in [0.15, 0.2) is 30.5 Å². The number of carbonyl (C=O) groups is 1. The number of hydrogen-bond donors (Lipinski definition) is 2. The van der Waals surface area contributed by atoms with Gasteiger partial charge in [0.2, 0.25) is 0 Å². The van der Waals surface area contributed by atoms with Crippen LogP contribution in [-0.4, -0.2) is 37.2 Å². The highest BCUT2D eigenvalue weighted by Gasteiger charge is 2.15. The second-order valence-corrected chi connectivity index (χ2v) is 5.26. The van der Waals surface area contributed by atoms with Gasteiger partial charge < -0.3 is 15.4 Å². The average Bonchev–Trinajstić information content (AvgIpc) is 2.55. The van der Waals surface area contributed by atoms with Crippen LogP contribution < -0.4 is 10.6 Å². The first kappa shape index (κ1) is 13.8. The van der Waals surface area contributed by atoms with Gasteiger partial charge in [-0.3, -0.25) is 0 Å². The van der Waals surface area contributed by atoms with Crippen molar-refractivity contribution in [3.8, 4) is 0 Å². The number of nitrogens with one attached hydrogen (secondary N) is 2. The van der Waals surface area contributed by atoms with E-state index >= 15 is 0 Å². The van der Waals surface area contributed by atoms with Gasteiger partial charge in [0.1, 0.15) is 5.82 Å². The van der Waals surface area contributed by atoms with E-state index in [4.69, 9.17) is 4.74 Å². The summed E-state index contributed by atoms with van der Waals surface area (Å²) in [5.41, 5.74) is 0.548. The van der Waals surface area contributed by atoms with Crippen LogP contribution in [0.1, 0.15) is 23.2 Å². The SMILES string of the molecule is COC(=O)c1ccc2ccnc(NC3CCNCC3)c2c1. The molecule has 110 valence electrons. The first-order valence-corrected chi connectivity index (χ1v) is 7.22. The third-order valence-corrected chi connectivity index (χ3v) is 3.87. The summed E-state index contributed by atoms with van der Waals surface area (Å²) in [5, 5.41) is 8.87. The molecule has 2 heterocycles. The molecular formula is C16H19N3O2. The van der Waals surface area contributed by atoms with E-state index in [2.05, 4.69) is 15.6 Å². The Bertz CT molecular complexity index is 651. The van der Waals surface area contributed by atoms with Gasteiger partial charge in [0.25, 0.3) is 0 Å². The monoisotopic (exact) mass is 285 g/mol. The molecule has 5 heteroatoms. The molecule has 0 atom stereocenters. The van der Waals surface area contributed by atoms with Crippen molar-refractivity contribution in [2.24, 2.45) is 0 Å². The molecule has 1 aromatic heterocycles. The summed E-state index contributed by atoms with van der Waals surface area (Å²) in [6, 6.07) is 7.92. The van der Waals surface area contributed by atoms with Crippen LogP contribution in [0.2, 0.25) is 0 Å². The van der Waals surface area contributed by atoms with E-state index < -0.39 is 0 Å². The predicted octanol–water partition coefficient (Wildman–Crippen LogP) is 2.19. The molecule has 1 aliphatic heterocycles. The van der Waals surface area contributed by atoms with Crippen LogP contribution in [0.25, 0.3) is 10.8 Å². The number of aromatic nitrogens is 1. The van der Waals surface area contributed by atoms with Crippen molar-refractivity contribution in [1.82, 2.24) is 10.3 Å². The summed E-state index contributed by atoms with van der Waals surface area (Å²) in [5.74, 6) is 0.513. The average molecular weight is 285 g/mol. The lowest BCUT2D eigenvalue weighted by molar-refractivity contribution is 0.0601. The molecule has 5 nitrogen and oxygen atoms in total. The summed E-state index contributed by atoms with van der Waals surface area (Å²) in [7, 11) is 1.39. The fraction of sp³-hybridized carbons (Fsp3) is 0.375. The highest BCUT2D eigenvalue weighted by atomic mass is 16.5. The quantitative estimate of drug-likeness (QED) is 0.846. The topological polar surface area (TPSA) is 63.2 Å². The van der Waals surface area contributed by atoms with E-state index in [0.717, 1.165) is 42.5 Å². The zero-order chi connectivity index (χ0) is 14.7. The number of fused-ring (bicyclic) bond motifs is 1. The van der Waals surface area contributed by atoms with Gasteiger partial charge in [-0.25, -0.2) is 9.78 Å². The van der Waals surface area contributed by atoms with Crippen LogP contribution >= 0.6 is 0 Å². The zero-order valence-corrected chi connectivity index (χ0v) is 12.1. The highest BCUT2D eigenvalue weighted by molar-refractivity contribution is 5.99. The van der Waals surface area contributed by atoms with Gasteiger partial charge >= 0.3 is 5.97 Å². The number of hydrogen-bond acceptors (Lipinski definition) is 5. The maximum absolute atomic E-state index is 11.7. The van der Waals surface area contributed by atoms with Crippen molar-refractivity contribution in [1.29, 1.82) is 0 Å². The van der Waals surface area contributed by atoms with Crippen LogP contribution in [0.3, 0.4) is 0 Å². The van der Waals surface area contributed by atoms with Crippen molar-refractivity contribution in [3.05, 3.63) is 36.0 Å². The van der Waals surface area contributed by atoms with E-state index in [1.54, 1.807) is 12.3 Å². The van der Waals surface area contributed by atoms with Crippen LogP contribution in [0.4, 0.5) is 5.82 Å². The van der Waals surface area contributed by atoms with Gasteiger partial charge in [-0.05, 0) is 49.5 Å². The molecular weight excluding hydrogens is 266 g/mol. The van der Waals surface area contributed by atoms with Gasteiger partial charge in [-0.15, -0.1) is 0 Å². The van der Waals surface area contributed by atoms with Crippen molar-refractivity contribution in [2.75, 3.05) is 25.5 Å². The number of piperidine rings is 1. The number of rotatable bonds is 3. The molecule has 0 aliphatic carbocycles. The molecule has 1 fully saturated rings. The number of carbonyl (C=O) groups excluding carboxylic acids is 1. The summed E-state index contributed by atoms with van der Waals surface area (Å²) >= 11 is 0. The number of anilines is 1. The molecule has 0 radical (unpaired) electrons. The number of esters is 1. The third kappa shape index (κ3) is 2.97. The van der Waals surface area contributed by atoms with E-state index in [0.29, 0.717) is 11.6 Å². The van der Waals surface area contributed by atoms with Gasteiger partial charge in [0.05, 0.1) is 12.7 Å². The maximum Gasteiger partial charge on any atom is 0.337 e. The van der Waals surface area contributed by atoms with Crippen molar-refractivity contribution in [3.63, 3.8) is 0 Å². The van der Waals surface area contributed by atoms with E-state index in [1.807, 2.05) is 18.2 Å². The molecule has 2 N–H and O–H groups in total. The number of nitrogens with zero attached hydrogens (tertiary/aromatic N) is 1. The molecule has 21 heavy (non-hydrogen) atoms. The summed E-state index contributed by atoms with van der Waals surface area (Å²) in [6.45, 7) is 2.05. The standard InChI is InChI=1S/C16H19N3O2/c1-21-16(20)12-3-2-11-4-9-18-15(14(11)10-12)19-13-5-7-17-8-6-13/h2-4,9-10,13,17H,5-8H2,1H3,(H,18,19). The Hall–Kier alpha value is -2.14. The Morgan fingerprint density at radius 1 is 1.33 bits per heavy atom. The Balaban J connectivity index is 1.94. The summed E-state index contributed by atoms with van der Waals surface area (Å²) in [6.07, 6.45) is 3.95. The second-order valence-electron chi connectivity index (χ2n) is 5.26. The fourth-order valence-electron chi connectivity index (χ4n) is 2.69. The molecule has 1 aliphatic rings. The Kier molecular flexibility index (Phi) is 4.01. The third-order valence-electron chi connectivity index (χ3n) is 3.87. The normalized spacial score (nSPS) is 15.9. The van der Waals surface area contributed by atoms with E-state index in [1.165, 1.54) is 7.11 Å². The molecule has 3 rings (SSSR count). The number of benzene rings is 1. The molecule has 0 saturated carbocycles. The van der Waals surface area contributed by atoms with E-state index in [9.17, 15) is 4.79 Å². The van der Waals surface area contributed by atoms with Crippen molar-refractivity contribution in [2.45, 2.75) is 18.9 Å². The largest absolute Gasteiger partial charge is 0.465 e. The predicted molar refractivity (Wildman–Crippen MR) is 82.6 cm³/mol. The summed E-state index contributed by atoms with van der Waals surface area (Å²) < 4.78 is 4.79. The molecule has 1 aromatic carbocycles. The molecule has 0 unspecified atom stereocenters. The van der Waals surface area contributed by atoms with Crippen molar-refractivity contribution < 1.29 is 9.53 Å². The minimum absolute atomic E-state index is 0.325. The minimum atomic E-state index is -0.325. The summed E-state index contributed by atoms with van der Waals surface area (Å²) in [4.78, 5) is 16.1. The minimum Gasteiger partial charge on any atom is -0.465 e. The van der Waals surface area contributed by atoms with Crippen LogP contribution in [0, 0.1) is 0 Å². The Morgan fingerprint density at radius 2 is 2.14 bits per heavy atom. The molecule has 0 spiro atoms. The first-order valence-electron chi connectivity index (χ1n) is 7.22. The maximum atomic E-state index is 11.7. The van der Waals surface area contributed by atoms with Gasteiger partial charge in [0.15, 0.2) is 0 Å². The molecule has 0 amide bonds. The molecule has 1 saturated heterocycles. The molecule has 2 aromatic rings. The van der Waals surface area contributed by atoms with Crippen LogP contribution in [-0.2, 0) is 4.74 Å². The number of pyridine rings is 1. The van der Waals surface area contributed by atoms with Gasteiger partial charge in [-0.1, -0.05) is 6.07 Å². The van der Waals surface area contributed by atoms with Crippen LogP contribution in [0.5, 0.6) is 0 Å². The highest BCUT2D eigenvalue weighted by Crippen LogP contribution is 2.24. The Labute approximate surface area is 123 Å². The molecule has 0 bridgehead atoms. The number of methoxy groups -OCH3 is 1. The zero-order valence-electron chi connectivity index (χ0n) is 12.1. The van der Waals surface area contributed by atoms with E-state index in [-0.39, 0.29) is 5.97 Å². The second kappa shape index (κ2) is 6.10. The lowest BCUT2D eigenvalue weighted by atomic mass is 10.0. The van der Waals surface area contributed by atoms with Gasteiger partial charge in [0, 0.05) is 17.6 Å². The number of ether oxygens (including phenoxy) is 1.